The number of benzene rings is 1. The van der Waals surface area contributed by atoms with Crippen molar-refractivity contribution in [1.82, 2.24) is 4.98 Å². The zero-order valence-electron chi connectivity index (χ0n) is 9.07. The van der Waals surface area contributed by atoms with Crippen molar-refractivity contribution in [3.05, 3.63) is 35.3 Å². The maximum absolute atomic E-state index is 12.2. The van der Waals surface area contributed by atoms with Crippen LogP contribution in [0.1, 0.15) is 5.69 Å². The van der Waals surface area contributed by atoms with Gasteiger partial charge in [-0.25, -0.2) is 4.98 Å². The second-order valence-corrected chi connectivity index (χ2v) is 4.25. The molecule has 0 radical (unpaired) electrons. The summed E-state index contributed by atoms with van der Waals surface area (Å²) in [5.41, 5.74) is 6.36. The molecular weight excluding hydrogens is 265 g/mol. The van der Waals surface area contributed by atoms with Gasteiger partial charge in [-0.05, 0) is 12.1 Å². The van der Waals surface area contributed by atoms with Crippen molar-refractivity contribution in [2.24, 2.45) is 5.73 Å². The highest BCUT2D eigenvalue weighted by molar-refractivity contribution is 7.13. The predicted octanol–water partition coefficient (Wildman–Crippen LogP) is 3.17. The molecule has 0 aliphatic heterocycles. The summed E-state index contributed by atoms with van der Waals surface area (Å²) in [4.78, 5) is 4.14. The summed E-state index contributed by atoms with van der Waals surface area (Å²) >= 11 is 1.23. The Morgan fingerprint density at radius 3 is 2.61 bits per heavy atom. The third kappa shape index (κ3) is 2.99. The van der Waals surface area contributed by atoms with Crippen molar-refractivity contribution < 1.29 is 17.9 Å². The molecule has 0 spiro atoms. The SMILES string of the molecule is NCc1csc(-c2ccccc2OC(F)(F)F)n1. The smallest absolute Gasteiger partial charge is 0.405 e. The number of hydrogen-bond donors (Lipinski definition) is 1. The molecule has 2 rings (SSSR count). The fourth-order valence-electron chi connectivity index (χ4n) is 1.38. The summed E-state index contributed by atoms with van der Waals surface area (Å²) in [6, 6.07) is 5.89. The van der Waals surface area contributed by atoms with Crippen LogP contribution in [0.4, 0.5) is 13.2 Å². The Kier molecular flexibility index (Phi) is 3.53. The van der Waals surface area contributed by atoms with Gasteiger partial charge in [-0.1, -0.05) is 12.1 Å². The van der Waals surface area contributed by atoms with Gasteiger partial charge in [0, 0.05) is 11.9 Å². The first kappa shape index (κ1) is 12.8. The molecule has 7 heteroatoms. The number of nitrogens with two attached hydrogens (primary N) is 1. The monoisotopic (exact) mass is 274 g/mol. The lowest BCUT2D eigenvalue weighted by atomic mass is 10.2. The number of ether oxygens (including phenoxy) is 1. The Hall–Kier alpha value is -1.60. The maximum Gasteiger partial charge on any atom is 0.573 e. The molecule has 0 unspecified atom stereocenters. The molecule has 18 heavy (non-hydrogen) atoms. The van der Waals surface area contributed by atoms with Gasteiger partial charge >= 0.3 is 6.36 Å². The van der Waals surface area contributed by atoms with Crippen LogP contribution < -0.4 is 10.5 Å². The van der Waals surface area contributed by atoms with E-state index in [9.17, 15) is 13.2 Å². The first-order chi connectivity index (χ1) is 8.49. The van der Waals surface area contributed by atoms with Crippen molar-refractivity contribution in [1.29, 1.82) is 0 Å². The van der Waals surface area contributed by atoms with E-state index in [1.165, 1.54) is 29.5 Å². The van der Waals surface area contributed by atoms with E-state index in [1.54, 1.807) is 11.4 Å². The lowest BCUT2D eigenvalue weighted by Crippen LogP contribution is -2.17. The van der Waals surface area contributed by atoms with Gasteiger partial charge in [-0.15, -0.1) is 24.5 Å². The summed E-state index contributed by atoms with van der Waals surface area (Å²) in [5, 5.41) is 2.16. The molecule has 0 aliphatic rings. The summed E-state index contributed by atoms with van der Waals surface area (Å²) in [5.74, 6) is -0.261. The van der Waals surface area contributed by atoms with Gasteiger partial charge in [0.25, 0.3) is 0 Å². The number of alkyl halides is 3. The zero-order valence-corrected chi connectivity index (χ0v) is 9.89. The summed E-state index contributed by atoms with van der Waals surface area (Å²) in [7, 11) is 0. The lowest BCUT2D eigenvalue weighted by molar-refractivity contribution is -0.274. The average molecular weight is 274 g/mol. The van der Waals surface area contributed by atoms with E-state index < -0.39 is 6.36 Å². The van der Waals surface area contributed by atoms with Crippen LogP contribution in [0.25, 0.3) is 10.6 Å². The molecule has 2 aromatic rings. The van der Waals surface area contributed by atoms with Crippen LogP contribution in [0.5, 0.6) is 5.75 Å². The Morgan fingerprint density at radius 2 is 2.00 bits per heavy atom. The van der Waals surface area contributed by atoms with Crippen LogP contribution in [0.3, 0.4) is 0 Å². The molecule has 1 aromatic carbocycles. The van der Waals surface area contributed by atoms with Gasteiger partial charge in [-0.2, -0.15) is 0 Å². The first-order valence-corrected chi connectivity index (χ1v) is 5.87. The molecule has 0 saturated heterocycles. The molecule has 2 N–H and O–H groups in total. The van der Waals surface area contributed by atoms with Crippen LogP contribution >= 0.6 is 11.3 Å². The molecule has 0 bridgehead atoms. The second kappa shape index (κ2) is 4.95. The number of rotatable bonds is 3. The highest BCUT2D eigenvalue weighted by Gasteiger charge is 2.32. The highest BCUT2D eigenvalue weighted by Crippen LogP contribution is 2.35. The van der Waals surface area contributed by atoms with Gasteiger partial charge in [0.05, 0.1) is 11.3 Å². The van der Waals surface area contributed by atoms with Crippen LogP contribution in [-0.2, 0) is 6.54 Å². The third-order valence-electron chi connectivity index (χ3n) is 2.10. The third-order valence-corrected chi connectivity index (χ3v) is 3.03. The summed E-state index contributed by atoms with van der Waals surface area (Å²) in [6.45, 7) is 0.249. The topological polar surface area (TPSA) is 48.1 Å². The lowest BCUT2D eigenvalue weighted by Gasteiger charge is -2.11. The van der Waals surface area contributed by atoms with Crippen LogP contribution in [-0.4, -0.2) is 11.3 Å². The average Bonchev–Trinajstić information content (AvgIpc) is 2.76. The van der Waals surface area contributed by atoms with Crippen LogP contribution in [0.2, 0.25) is 0 Å². The molecule has 96 valence electrons. The number of aromatic nitrogens is 1. The highest BCUT2D eigenvalue weighted by atomic mass is 32.1. The maximum atomic E-state index is 12.2. The fraction of sp³-hybridized carbons (Fsp3) is 0.182. The molecular formula is C11H9F3N2OS. The van der Waals surface area contributed by atoms with Crippen molar-refractivity contribution in [3.63, 3.8) is 0 Å². The molecule has 1 heterocycles. The molecule has 0 amide bonds. The van der Waals surface area contributed by atoms with Gasteiger partial charge in [0.1, 0.15) is 10.8 Å². The van der Waals surface area contributed by atoms with Crippen molar-refractivity contribution in [2.75, 3.05) is 0 Å². The minimum atomic E-state index is -4.72. The molecule has 0 fully saturated rings. The Morgan fingerprint density at radius 1 is 1.28 bits per heavy atom. The second-order valence-electron chi connectivity index (χ2n) is 3.39. The summed E-state index contributed by atoms with van der Waals surface area (Å²) < 4.78 is 40.7. The van der Waals surface area contributed by atoms with E-state index in [0.29, 0.717) is 16.3 Å². The van der Waals surface area contributed by atoms with E-state index in [-0.39, 0.29) is 12.3 Å². The standard InChI is InChI=1S/C11H9F3N2OS/c12-11(13,14)17-9-4-2-1-3-8(9)10-16-7(5-15)6-18-10/h1-4,6H,5,15H2. The van der Waals surface area contributed by atoms with Gasteiger partial charge in [-0.3, -0.25) is 0 Å². The summed E-state index contributed by atoms with van der Waals surface area (Å²) in [6.07, 6.45) is -4.72. The van der Waals surface area contributed by atoms with E-state index in [2.05, 4.69) is 9.72 Å². The Labute approximate surface area is 105 Å². The first-order valence-electron chi connectivity index (χ1n) is 4.99. The van der Waals surface area contributed by atoms with E-state index in [0.717, 1.165) is 0 Å². The Bertz CT molecular complexity index is 539. The number of hydrogen-bond acceptors (Lipinski definition) is 4. The molecule has 0 saturated carbocycles. The minimum absolute atomic E-state index is 0.249. The van der Waals surface area contributed by atoms with E-state index in [4.69, 9.17) is 5.73 Å². The number of nitrogens with zero attached hydrogens (tertiary/aromatic N) is 1. The fourth-order valence-corrected chi connectivity index (χ4v) is 2.24. The normalized spacial score (nSPS) is 11.6. The number of para-hydroxylation sites is 1. The predicted molar refractivity (Wildman–Crippen MR) is 62.1 cm³/mol. The van der Waals surface area contributed by atoms with Gasteiger partial charge < -0.3 is 10.5 Å². The van der Waals surface area contributed by atoms with Crippen LogP contribution in [0.15, 0.2) is 29.6 Å². The largest absolute Gasteiger partial charge is 0.573 e. The van der Waals surface area contributed by atoms with Crippen molar-refractivity contribution >= 4 is 11.3 Å². The Balaban J connectivity index is 2.38. The quantitative estimate of drug-likeness (QED) is 0.935. The molecule has 1 aromatic heterocycles. The number of thiazole rings is 1. The van der Waals surface area contributed by atoms with E-state index >= 15 is 0 Å². The zero-order chi connectivity index (χ0) is 13.2. The van der Waals surface area contributed by atoms with E-state index in [1.807, 2.05) is 0 Å². The van der Waals surface area contributed by atoms with Gasteiger partial charge in [0.15, 0.2) is 0 Å². The number of halogens is 3. The van der Waals surface area contributed by atoms with Crippen LogP contribution in [0, 0.1) is 0 Å². The van der Waals surface area contributed by atoms with Gasteiger partial charge in [0.2, 0.25) is 0 Å². The molecule has 0 aliphatic carbocycles. The van der Waals surface area contributed by atoms with Crippen molar-refractivity contribution in [3.8, 4) is 16.3 Å². The van der Waals surface area contributed by atoms with Crippen molar-refractivity contribution in [2.45, 2.75) is 12.9 Å². The molecule has 0 atom stereocenters. The minimum Gasteiger partial charge on any atom is -0.405 e. The molecule has 3 nitrogen and oxygen atoms in total.